The lowest BCUT2D eigenvalue weighted by atomic mass is 10.1. The lowest BCUT2D eigenvalue weighted by Gasteiger charge is -2.10. The lowest BCUT2D eigenvalue weighted by Crippen LogP contribution is -2.21. The third-order valence-corrected chi connectivity index (χ3v) is 4.63. The fourth-order valence-corrected chi connectivity index (χ4v) is 3.20. The van der Waals surface area contributed by atoms with E-state index < -0.39 is 11.7 Å². The van der Waals surface area contributed by atoms with Gasteiger partial charge in [0.25, 0.3) is 0 Å². The topological polar surface area (TPSA) is 64.7 Å². The Morgan fingerprint density at radius 1 is 1.07 bits per heavy atom. The molecular formula is C20H22F3N5O. The number of rotatable bonds is 5. The molecule has 0 radical (unpaired) electrons. The molecule has 0 saturated heterocycles. The Balaban J connectivity index is 1.76. The molecule has 1 amide bonds. The fraction of sp³-hybridized carbons (Fsp3) is 0.350. The van der Waals surface area contributed by atoms with Crippen molar-refractivity contribution in [3.05, 3.63) is 64.2 Å². The second-order valence-electron chi connectivity index (χ2n) is 7.03. The molecule has 0 saturated carbocycles. The SMILES string of the molecule is Cc1cc(C)n(CC(=O)Nc2c(C)nn(Cc3cccc(C(F)(F)F)c3)c2C)n1. The molecule has 0 spiro atoms. The first kappa shape index (κ1) is 20.6. The van der Waals surface area contributed by atoms with Gasteiger partial charge in [-0.3, -0.25) is 14.2 Å². The molecule has 0 aliphatic rings. The minimum absolute atomic E-state index is 0.0668. The van der Waals surface area contributed by atoms with E-state index in [2.05, 4.69) is 15.5 Å². The van der Waals surface area contributed by atoms with E-state index >= 15 is 0 Å². The first-order chi connectivity index (χ1) is 13.5. The predicted molar refractivity (Wildman–Crippen MR) is 103 cm³/mol. The molecular weight excluding hydrogens is 383 g/mol. The summed E-state index contributed by atoms with van der Waals surface area (Å²) in [7, 11) is 0. The van der Waals surface area contributed by atoms with Gasteiger partial charge in [0, 0.05) is 5.69 Å². The monoisotopic (exact) mass is 405 g/mol. The van der Waals surface area contributed by atoms with Crippen molar-refractivity contribution in [2.24, 2.45) is 0 Å². The molecule has 0 aliphatic carbocycles. The Labute approximate surface area is 166 Å². The minimum atomic E-state index is -4.40. The Kier molecular flexibility index (Phi) is 5.50. The lowest BCUT2D eigenvalue weighted by molar-refractivity contribution is -0.137. The van der Waals surface area contributed by atoms with Crippen LogP contribution in [0.2, 0.25) is 0 Å². The van der Waals surface area contributed by atoms with Crippen LogP contribution in [0.4, 0.5) is 18.9 Å². The second-order valence-corrected chi connectivity index (χ2v) is 7.03. The van der Waals surface area contributed by atoms with Crippen molar-refractivity contribution < 1.29 is 18.0 Å². The fourth-order valence-electron chi connectivity index (χ4n) is 3.20. The van der Waals surface area contributed by atoms with Crippen LogP contribution in [0.25, 0.3) is 0 Å². The van der Waals surface area contributed by atoms with Gasteiger partial charge in [0.15, 0.2) is 0 Å². The number of amides is 1. The number of carbonyl (C=O) groups is 1. The molecule has 0 fully saturated rings. The molecule has 1 aromatic carbocycles. The predicted octanol–water partition coefficient (Wildman–Crippen LogP) is 4.02. The van der Waals surface area contributed by atoms with E-state index in [0.717, 1.165) is 23.5 Å². The number of hydrogen-bond acceptors (Lipinski definition) is 3. The number of carbonyl (C=O) groups excluding carboxylic acids is 1. The molecule has 2 heterocycles. The van der Waals surface area contributed by atoms with Crippen LogP contribution in [0.15, 0.2) is 30.3 Å². The normalized spacial score (nSPS) is 11.7. The van der Waals surface area contributed by atoms with Gasteiger partial charge in [0.05, 0.1) is 34.9 Å². The summed E-state index contributed by atoms with van der Waals surface area (Å²) in [4.78, 5) is 12.4. The van der Waals surface area contributed by atoms with Gasteiger partial charge >= 0.3 is 6.18 Å². The number of benzene rings is 1. The van der Waals surface area contributed by atoms with E-state index in [0.29, 0.717) is 22.6 Å². The van der Waals surface area contributed by atoms with Crippen LogP contribution in [0.5, 0.6) is 0 Å². The van der Waals surface area contributed by atoms with E-state index in [9.17, 15) is 18.0 Å². The largest absolute Gasteiger partial charge is 0.416 e. The van der Waals surface area contributed by atoms with Crippen LogP contribution >= 0.6 is 0 Å². The van der Waals surface area contributed by atoms with Crippen molar-refractivity contribution in [1.82, 2.24) is 19.6 Å². The molecule has 3 aromatic rings. The van der Waals surface area contributed by atoms with Crippen LogP contribution in [-0.4, -0.2) is 25.5 Å². The minimum Gasteiger partial charge on any atom is -0.321 e. The van der Waals surface area contributed by atoms with E-state index in [4.69, 9.17) is 0 Å². The highest BCUT2D eigenvalue weighted by Gasteiger charge is 2.30. The summed E-state index contributed by atoms with van der Waals surface area (Å²) in [6.07, 6.45) is -4.40. The van der Waals surface area contributed by atoms with Crippen LogP contribution in [0.3, 0.4) is 0 Å². The molecule has 3 rings (SSSR count). The molecule has 2 aromatic heterocycles. The van der Waals surface area contributed by atoms with E-state index in [1.807, 2.05) is 19.9 Å². The summed E-state index contributed by atoms with van der Waals surface area (Å²) < 4.78 is 42.0. The van der Waals surface area contributed by atoms with Crippen LogP contribution < -0.4 is 5.32 Å². The number of alkyl halides is 3. The zero-order chi connectivity index (χ0) is 21.3. The number of hydrogen-bond donors (Lipinski definition) is 1. The summed E-state index contributed by atoms with van der Waals surface area (Å²) in [5.74, 6) is -0.249. The van der Waals surface area contributed by atoms with Crippen LogP contribution in [-0.2, 0) is 24.1 Å². The first-order valence-corrected chi connectivity index (χ1v) is 9.05. The molecule has 1 N–H and O–H groups in total. The number of aryl methyl sites for hydroxylation is 3. The molecule has 0 bridgehead atoms. The Bertz CT molecular complexity index is 1050. The van der Waals surface area contributed by atoms with Gasteiger partial charge in [-0.25, -0.2) is 0 Å². The van der Waals surface area contributed by atoms with Crippen molar-refractivity contribution in [3.63, 3.8) is 0 Å². The van der Waals surface area contributed by atoms with Crippen molar-refractivity contribution in [3.8, 4) is 0 Å². The number of halogens is 3. The average molecular weight is 405 g/mol. The van der Waals surface area contributed by atoms with Gasteiger partial charge in [-0.05, 0) is 51.5 Å². The van der Waals surface area contributed by atoms with Crippen molar-refractivity contribution in [2.75, 3.05) is 5.32 Å². The van der Waals surface area contributed by atoms with Gasteiger partial charge in [0.2, 0.25) is 5.91 Å². The summed E-state index contributed by atoms with van der Waals surface area (Å²) in [6, 6.07) is 7.03. The first-order valence-electron chi connectivity index (χ1n) is 9.05. The van der Waals surface area contributed by atoms with Crippen LogP contribution in [0.1, 0.15) is 33.9 Å². The summed E-state index contributed by atoms with van der Waals surface area (Å²) >= 11 is 0. The second kappa shape index (κ2) is 7.73. The van der Waals surface area contributed by atoms with Crippen molar-refractivity contribution in [1.29, 1.82) is 0 Å². The molecule has 0 atom stereocenters. The molecule has 6 nitrogen and oxygen atoms in total. The molecule has 29 heavy (non-hydrogen) atoms. The zero-order valence-corrected chi connectivity index (χ0v) is 16.6. The van der Waals surface area contributed by atoms with Crippen molar-refractivity contribution in [2.45, 2.75) is 47.0 Å². The number of nitrogens with zero attached hydrogens (tertiary/aromatic N) is 4. The van der Waals surface area contributed by atoms with Gasteiger partial charge in [-0.1, -0.05) is 12.1 Å². The zero-order valence-electron chi connectivity index (χ0n) is 16.6. The third-order valence-electron chi connectivity index (χ3n) is 4.63. The highest BCUT2D eigenvalue weighted by Crippen LogP contribution is 2.30. The van der Waals surface area contributed by atoms with Gasteiger partial charge < -0.3 is 5.32 Å². The average Bonchev–Trinajstić information content (AvgIpc) is 3.07. The van der Waals surface area contributed by atoms with Crippen molar-refractivity contribution >= 4 is 11.6 Å². The quantitative estimate of drug-likeness (QED) is 0.697. The van der Waals surface area contributed by atoms with Gasteiger partial charge in [-0.15, -0.1) is 0 Å². The maximum absolute atomic E-state index is 12.9. The van der Waals surface area contributed by atoms with Gasteiger partial charge in [-0.2, -0.15) is 23.4 Å². The number of nitrogens with one attached hydrogen (secondary N) is 1. The maximum atomic E-state index is 12.9. The molecule has 154 valence electrons. The summed E-state index contributed by atoms with van der Waals surface area (Å²) in [5, 5.41) is 11.5. The Morgan fingerprint density at radius 2 is 1.79 bits per heavy atom. The third kappa shape index (κ3) is 4.67. The Hall–Kier alpha value is -3.10. The number of anilines is 1. The van der Waals surface area contributed by atoms with Gasteiger partial charge in [0.1, 0.15) is 6.54 Å². The molecule has 0 unspecified atom stereocenters. The standard InChI is InChI=1S/C20H22F3N5O/c1-12-8-13(2)27(25-12)11-18(29)24-19-14(3)26-28(15(19)4)10-16-6-5-7-17(9-16)20(21,22)23/h5-9H,10-11H2,1-4H3,(H,24,29). The van der Waals surface area contributed by atoms with E-state index in [-0.39, 0.29) is 19.0 Å². The molecule has 0 aliphatic heterocycles. The Morgan fingerprint density at radius 3 is 2.41 bits per heavy atom. The summed E-state index contributed by atoms with van der Waals surface area (Å²) in [5.41, 5.74) is 3.31. The highest BCUT2D eigenvalue weighted by atomic mass is 19.4. The molecule has 9 heteroatoms. The van der Waals surface area contributed by atoms with E-state index in [1.54, 1.807) is 29.3 Å². The maximum Gasteiger partial charge on any atom is 0.416 e. The highest BCUT2D eigenvalue weighted by molar-refractivity contribution is 5.91. The number of aromatic nitrogens is 4. The van der Waals surface area contributed by atoms with E-state index in [1.165, 1.54) is 6.07 Å². The smallest absolute Gasteiger partial charge is 0.321 e. The van der Waals surface area contributed by atoms with Crippen LogP contribution in [0, 0.1) is 27.7 Å². The summed E-state index contributed by atoms with van der Waals surface area (Å²) in [6.45, 7) is 7.48.